The lowest BCUT2D eigenvalue weighted by Crippen LogP contribution is -2.11. The SMILES string of the molecule is NC(=S)c1ccc(NCCn2ccnc2)c(Cl)c1. The summed E-state index contributed by atoms with van der Waals surface area (Å²) >= 11 is 11.0. The van der Waals surface area contributed by atoms with Crippen molar-refractivity contribution >= 4 is 34.5 Å². The molecule has 4 nitrogen and oxygen atoms in total. The number of nitrogens with one attached hydrogen (secondary N) is 1. The van der Waals surface area contributed by atoms with E-state index in [-0.39, 0.29) is 0 Å². The first-order valence-corrected chi connectivity index (χ1v) is 6.24. The zero-order valence-corrected chi connectivity index (χ0v) is 11.2. The number of anilines is 1. The summed E-state index contributed by atoms with van der Waals surface area (Å²) in [6.45, 7) is 1.59. The minimum atomic E-state index is 0.349. The van der Waals surface area contributed by atoms with E-state index in [0.717, 1.165) is 24.3 Å². The first-order valence-electron chi connectivity index (χ1n) is 5.46. The van der Waals surface area contributed by atoms with Gasteiger partial charge >= 0.3 is 0 Å². The number of hydrogen-bond donors (Lipinski definition) is 2. The van der Waals surface area contributed by atoms with Crippen molar-refractivity contribution in [3.8, 4) is 0 Å². The highest BCUT2D eigenvalue weighted by Crippen LogP contribution is 2.22. The van der Waals surface area contributed by atoms with Gasteiger partial charge in [-0.3, -0.25) is 0 Å². The van der Waals surface area contributed by atoms with Crippen LogP contribution in [0.1, 0.15) is 5.56 Å². The van der Waals surface area contributed by atoms with Crippen LogP contribution in [0.4, 0.5) is 5.69 Å². The average molecular weight is 281 g/mol. The Kier molecular flexibility index (Phi) is 4.17. The molecule has 0 amide bonds. The quantitative estimate of drug-likeness (QED) is 0.825. The molecule has 0 fully saturated rings. The second kappa shape index (κ2) is 5.84. The van der Waals surface area contributed by atoms with E-state index in [0.29, 0.717) is 10.0 Å². The second-order valence-corrected chi connectivity index (χ2v) is 4.63. The molecule has 0 unspecified atom stereocenters. The summed E-state index contributed by atoms with van der Waals surface area (Å²) in [6, 6.07) is 5.50. The van der Waals surface area contributed by atoms with Crippen LogP contribution in [0.25, 0.3) is 0 Å². The van der Waals surface area contributed by atoms with Gasteiger partial charge in [0.15, 0.2) is 0 Å². The fraction of sp³-hybridized carbons (Fsp3) is 0.167. The minimum Gasteiger partial charge on any atom is -0.389 e. The summed E-state index contributed by atoms with van der Waals surface area (Å²) in [5.74, 6) is 0. The highest BCUT2D eigenvalue weighted by Gasteiger charge is 2.03. The summed E-state index contributed by atoms with van der Waals surface area (Å²) in [5.41, 5.74) is 7.18. The Morgan fingerprint density at radius 2 is 2.33 bits per heavy atom. The topological polar surface area (TPSA) is 55.9 Å². The molecular weight excluding hydrogens is 268 g/mol. The summed E-state index contributed by atoms with van der Waals surface area (Å²) in [7, 11) is 0. The molecule has 2 aromatic rings. The van der Waals surface area contributed by atoms with Gasteiger partial charge in [-0.25, -0.2) is 4.98 Å². The van der Waals surface area contributed by atoms with Crippen molar-refractivity contribution in [3.05, 3.63) is 47.5 Å². The van der Waals surface area contributed by atoms with E-state index in [9.17, 15) is 0 Å². The molecule has 0 bridgehead atoms. The first kappa shape index (κ1) is 12.9. The molecule has 0 aliphatic heterocycles. The molecule has 0 atom stereocenters. The highest BCUT2D eigenvalue weighted by atomic mass is 35.5. The van der Waals surface area contributed by atoms with Crippen molar-refractivity contribution in [1.29, 1.82) is 0 Å². The predicted octanol–water partition coefficient (Wildman–Crippen LogP) is 2.28. The number of nitrogens with two attached hydrogens (primary N) is 1. The van der Waals surface area contributed by atoms with E-state index >= 15 is 0 Å². The Hall–Kier alpha value is -1.59. The van der Waals surface area contributed by atoms with E-state index in [1.54, 1.807) is 18.6 Å². The molecule has 3 N–H and O–H groups in total. The molecule has 94 valence electrons. The first-order chi connectivity index (χ1) is 8.66. The molecule has 0 radical (unpaired) electrons. The van der Waals surface area contributed by atoms with Gasteiger partial charge in [-0.15, -0.1) is 0 Å². The smallest absolute Gasteiger partial charge is 0.104 e. The molecule has 1 aromatic heterocycles. The van der Waals surface area contributed by atoms with E-state index in [1.807, 2.05) is 22.9 Å². The van der Waals surface area contributed by atoms with Crippen LogP contribution in [-0.4, -0.2) is 21.1 Å². The number of nitrogens with zero attached hydrogens (tertiary/aromatic N) is 2. The summed E-state index contributed by atoms with van der Waals surface area (Å²) in [5, 5.41) is 3.87. The summed E-state index contributed by atoms with van der Waals surface area (Å²) in [6.07, 6.45) is 5.45. The fourth-order valence-corrected chi connectivity index (χ4v) is 1.92. The predicted molar refractivity (Wildman–Crippen MR) is 78.1 cm³/mol. The van der Waals surface area contributed by atoms with Gasteiger partial charge in [-0.05, 0) is 18.2 Å². The minimum absolute atomic E-state index is 0.349. The van der Waals surface area contributed by atoms with Gasteiger partial charge in [-0.1, -0.05) is 23.8 Å². The van der Waals surface area contributed by atoms with Crippen LogP contribution in [0.5, 0.6) is 0 Å². The van der Waals surface area contributed by atoms with Gasteiger partial charge < -0.3 is 15.6 Å². The molecule has 6 heteroatoms. The molecule has 0 aliphatic carbocycles. The third-order valence-corrected chi connectivity index (χ3v) is 3.05. The molecule has 2 rings (SSSR count). The van der Waals surface area contributed by atoms with Crippen molar-refractivity contribution in [1.82, 2.24) is 9.55 Å². The van der Waals surface area contributed by atoms with Crippen molar-refractivity contribution in [3.63, 3.8) is 0 Å². The zero-order chi connectivity index (χ0) is 13.0. The van der Waals surface area contributed by atoms with Crippen molar-refractivity contribution in [2.45, 2.75) is 6.54 Å². The van der Waals surface area contributed by atoms with Crippen LogP contribution in [-0.2, 0) is 6.54 Å². The fourth-order valence-electron chi connectivity index (χ4n) is 1.55. The zero-order valence-electron chi connectivity index (χ0n) is 9.64. The molecule has 0 spiro atoms. The lowest BCUT2D eigenvalue weighted by atomic mass is 10.2. The molecule has 0 saturated carbocycles. The van der Waals surface area contributed by atoms with E-state index in [4.69, 9.17) is 29.6 Å². The van der Waals surface area contributed by atoms with Crippen LogP contribution < -0.4 is 11.1 Å². The normalized spacial score (nSPS) is 10.3. The van der Waals surface area contributed by atoms with Gasteiger partial charge in [-0.2, -0.15) is 0 Å². The van der Waals surface area contributed by atoms with Crippen LogP contribution in [0.3, 0.4) is 0 Å². The number of imidazole rings is 1. The average Bonchev–Trinajstić information content (AvgIpc) is 2.84. The number of aromatic nitrogens is 2. The number of hydrogen-bond acceptors (Lipinski definition) is 3. The van der Waals surface area contributed by atoms with Gasteiger partial charge in [0, 0.05) is 31.0 Å². The molecule has 1 heterocycles. The maximum atomic E-state index is 6.14. The van der Waals surface area contributed by atoms with Crippen LogP contribution in [0, 0.1) is 0 Å². The van der Waals surface area contributed by atoms with E-state index in [1.165, 1.54) is 0 Å². The van der Waals surface area contributed by atoms with Gasteiger partial charge in [0.2, 0.25) is 0 Å². The number of rotatable bonds is 5. The summed E-state index contributed by atoms with van der Waals surface area (Å²) < 4.78 is 1.99. The Morgan fingerprint density at radius 1 is 1.50 bits per heavy atom. The Balaban J connectivity index is 1.95. The molecular formula is C12H13ClN4S. The van der Waals surface area contributed by atoms with Gasteiger partial charge in [0.05, 0.1) is 17.0 Å². The maximum absolute atomic E-state index is 6.14. The number of halogens is 1. The van der Waals surface area contributed by atoms with Crippen molar-refractivity contribution < 1.29 is 0 Å². The maximum Gasteiger partial charge on any atom is 0.104 e. The third kappa shape index (κ3) is 3.21. The van der Waals surface area contributed by atoms with E-state index < -0.39 is 0 Å². The van der Waals surface area contributed by atoms with Gasteiger partial charge in [0.1, 0.15) is 4.99 Å². The van der Waals surface area contributed by atoms with Crippen molar-refractivity contribution in [2.24, 2.45) is 5.73 Å². The standard InChI is InChI=1S/C12H13ClN4S/c13-10-7-9(12(14)18)1-2-11(10)16-4-6-17-5-3-15-8-17/h1-3,5,7-8,16H,4,6H2,(H2,14,18). The van der Waals surface area contributed by atoms with Gasteiger partial charge in [0.25, 0.3) is 0 Å². The second-order valence-electron chi connectivity index (χ2n) is 3.79. The largest absolute Gasteiger partial charge is 0.389 e. The van der Waals surface area contributed by atoms with Crippen LogP contribution >= 0.6 is 23.8 Å². The summed E-state index contributed by atoms with van der Waals surface area (Å²) in [4.78, 5) is 4.33. The lowest BCUT2D eigenvalue weighted by molar-refractivity contribution is 0.727. The van der Waals surface area contributed by atoms with Crippen LogP contribution in [0.2, 0.25) is 5.02 Å². The molecule has 0 aliphatic rings. The Bertz CT molecular complexity index is 539. The number of thiocarbonyl (C=S) groups is 1. The van der Waals surface area contributed by atoms with Crippen LogP contribution in [0.15, 0.2) is 36.9 Å². The molecule has 1 aromatic carbocycles. The lowest BCUT2D eigenvalue weighted by Gasteiger charge is -2.10. The highest BCUT2D eigenvalue weighted by molar-refractivity contribution is 7.80. The molecule has 0 saturated heterocycles. The monoisotopic (exact) mass is 280 g/mol. The Morgan fingerprint density at radius 3 is 2.94 bits per heavy atom. The third-order valence-electron chi connectivity index (χ3n) is 2.50. The Labute approximate surface area is 116 Å². The van der Waals surface area contributed by atoms with Crippen molar-refractivity contribution in [2.75, 3.05) is 11.9 Å². The molecule has 18 heavy (non-hydrogen) atoms. The number of benzene rings is 1. The van der Waals surface area contributed by atoms with E-state index in [2.05, 4.69) is 10.3 Å².